The van der Waals surface area contributed by atoms with Crippen molar-refractivity contribution in [3.05, 3.63) is 35.9 Å². The molecule has 1 aromatic rings. The summed E-state index contributed by atoms with van der Waals surface area (Å²) in [6.07, 6.45) is 1.28. The van der Waals surface area contributed by atoms with Crippen LogP contribution in [0.2, 0.25) is 0 Å². The minimum Gasteiger partial charge on any atom is -0.357 e. The van der Waals surface area contributed by atoms with E-state index in [0.717, 1.165) is 32.1 Å². The van der Waals surface area contributed by atoms with Crippen LogP contribution in [-0.4, -0.2) is 55.5 Å². The van der Waals surface area contributed by atoms with E-state index in [9.17, 15) is 0 Å². The lowest BCUT2D eigenvalue weighted by Crippen LogP contribution is -2.38. The Bertz CT molecular complexity index is 457. The van der Waals surface area contributed by atoms with Gasteiger partial charge in [0.25, 0.3) is 0 Å². The molecule has 1 unspecified atom stereocenters. The fourth-order valence-electron chi connectivity index (χ4n) is 2.97. The maximum Gasteiger partial charge on any atom is 0.193 e. The zero-order chi connectivity index (χ0) is 15.8. The number of rotatable bonds is 6. The molecule has 122 valence electrons. The highest BCUT2D eigenvalue weighted by atomic mass is 15.3. The van der Waals surface area contributed by atoms with Crippen LogP contribution in [0.4, 0.5) is 0 Å². The molecule has 2 rings (SSSR count). The van der Waals surface area contributed by atoms with Crippen molar-refractivity contribution in [2.45, 2.75) is 26.8 Å². The smallest absolute Gasteiger partial charge is 0.193 e. The summed E-state index contributed by atoms with van der Waals surface area (Å²) in [6.45, 7) is 10.7. The summed E-state index contributed by atoms with van der Waals surface area (Å²) in [6, 6.07) is 10.6. The molecule has 1 aromatic carbocycles. The first-order valence-electron chi connectivity index (χ1n) is 8.48. The van der Waals surface area contributed by atoms with Gasteiger partial charge in [-0.3, -0.25) is 4.99 Å². The van der Waals surface area contributed by atoms with Gasteiger partial charge in [-0.2, -0.15) is 0 Å². The first-order chi connectivity index (χ1) is 10.7. The summed E-state index contributed by atoms with van der Waals surface area (Å²) >= 11 is 0. The van der Waals surface area contributed by atoms with Crippen LogP contribution in [0.3, 0.4) is 0 Å². The second-order valence-electron chi connectivity index (χ2n) is 6.08. The summed E-state index contributed by atoms with van der Waals surface area (Å²) in [4.78, 5) is 9.59. The van der Waals surface area contributed by atoms with Crippen molar-refractivity contribution in [1.82, 2.24) is 15.1 Å². The number of nitrogens with zero attached hydrogens (tertiary/aromatic N) is 3. The highest BCUT2D eigenvalue weighted by Crippen LogP contribution is 2.16. The van der Waals surface area contributed by atoms with Crippen LogP contribution >= 0.6 is 0 Å². The van der Waals surface area contributed by atoms with Gasteiger partial charge in [-0.25, -0.2) is 0 Å². The predicted molar refractivity (Wildman–Crippen MR) is 94.1 cm³/mol. The van der Waals surface area contributed by atoms with Crippen LogP contribution < -0.4 is 5.32 Å². The summed E-state index contributed by atoms with van der Waals surface area (Å²) in [5, 5.41) is 3.41. The quantitative estimate of drug-likeness (QED) is 0.647. The lowest BCUT2D eigenvalue weighted by atomic mass is 10.1. The lowest BCUT2D eigenvalue weighted by molar-refractivity contribution is 0.343. The van der Waals surface area contributed by atoms with Gasteiger partial charge in [0, 0.05) is 33.2 Å². The van der Waals surface area contributed by atoms with Crippen molar-refractivity contribution in [2.75, 3.05) is 39.8 Å². The van der Waals surface area contributed by atoms with Crippen molar-refractivity contribution in [2.24, 2.45) is 10.9 Å². The fraction of sp³-hybridized carbons (Fsp3) is 0.611. The number of aliphatic imine (C=N–C) groups is 1. The zero-order valence-electron chi connectivity index (χ0n) is 14.3. The lowest BCUT2D eigenvalue weighted by Gasteiger charge is -2.22. The summed E-state index contributed by atoms with van der Waals surface area (Å²) < 4.78 is 0. The molecule has 4 nitrogen and oxygen atoms in total. The Labute approximate surface area is 135 Å². The monoisotopic (exact) mass is 302 g/mol. The van der Waals surface area contributed by atoms with E-state index >= 15 is 0 Å². The maximum atomic E-state index is 4.87. The Morgan fingerprint density at radius 2 is 2.09 bits per heavy atom. The molecular weight excluding hydrogens is 272 g/mol. The molecule has 22 heavy (non-hydrogen) atoms. The van der Waals surface area contributed by atoms with Crippen LogP contribution in [0, 0.1) is 5.92 Å². The van der Waals surface area contributed by atoms with E-state index in [2.05, 4.69) is 66.3 Å². The Balaban J connectivity index is 1.91. The molecule has 0 aliphatic carbocycles. The maximum absolute atomic E-state index is 4.87. The molecule has 0 bridgehead atoms. The largest absolute Gasteiger partial charge is 0.357 e. The molecule has 4 heteroatoms. The second kappa shape index (κ2) is 8.79. The predicted octanol–water partition coefficient (Wildman–Crippen LogP) is 2.43. The average molecular weight is 302 g/mol. The van der Waals surface area contributed by atoms with E-state index in [1.54, 1.807) is 0 Å². The second-order valence-corrected chi connectivity index (χ2v) is 6.08. The Kier molecular flexibility index (Phi) is 6.72. The van der Waals surface area contributed by atoms with E-state index in [4.69, 9.17) is 4.99 Å². The van der Waals surface area contributed by atoms with Gasteiger partial charge in [0.2, 0.25) is 0 Å². The van der Waals surface area contributed by atoms with Crippen LogP contribution in [0.5, 0.6) is 0 Å². The highest BCUT2D eigenvalue weighted by molar-refractivity contribution is 5.79. The minimum atomic E-state index is 0.707. The minimum absolute atomic E-state index is 0.707. The van der Waals surface area contributed by atoms with Crippen LogP contribution in [0.15, 0.2) is 35.3 Å². The molecule has 0 saturated carbocycles. The number of likely N-dealkylation sites (tertiary alicyclic amines) is 1. The van der Waals surface area contributed by atoms with E-state index in [0.29, 0.717) is 5.92 Å². The Morgan fingerprint density at radius 1 is 1.32 bits per heavy atom. The Hall–Kier alpha value is -1.55. The summed E-state index contributed by atoms with van der Waals surface area (Å²) in [7, 11) is 2.11. The molecule has 1 atom stereocenters. The number of hydrogen-bond donors (Lipinski definition) is 1. The van der Waals surface area contributed by atoms with E-state index in [1.165, 1.54) is 25.1 Å². The number of nitrogens with one attached hydrogen (secondary N) is 1. The first-order valence-corrected chi connectivity index (χ1v) is 8.48. The standard InChI is InChI=1S/C18H30N4/c1-4-19-18(20-13-17-11-12-22(5-2)15-17)21(3)14-16-9-7-6-8-10-16/h6-10,17H,4-5,11-15H2,1-3H3,(H,19,20). The van der Waals surface area contributed by atoms with Crippen LogP contribution in [0.25, 0.3) is 0 Å². The van der Waals surface area contributed by atoms with Gasteiger partial charge in [-0.1, -0.05) is 37.3 Å². The topological polar surface area (TPSA) is 30.9 Å². The molecule has 1 aliphatic rings. The van der Waals surface area contributed by atoms with E-state index in [1.807, 2.05) is 0 Å². The molecule has 0 aromatic heterocycles. The van der Waals surface area contributed by atoms with Gasteiger partial charge >= 0.3 is 0 Å². The number of benzene rings is 1. The molecule has 1 saturated heterocycles. The molecule has 1 fully saturated rings. The van der Waals surface area contributed by atoms with E-state index in [-0.39, 0.29) is 0 Å². The van der Waals surface area contributed by atoms with Crippen LogP contribution in [-0.2, 0) is 6.54 Å². The van der Waals surface area contributed by atoms with Gasteiger partial charge in [0.1, 0.15) is 0 Å². The van der Waals surface area contributed by atoms with Gasteiger partial charge in [0.15, 0.2) is 5.96 Å². The highest BCUT2D eigenvalue weighted by Gasteiger charge is 2.21. The molecular formula is C18H30N4. The first kappa shape index (κ1) is 16.8. The zero-order valence-corrected chi connectivity index (χ0v) is 14.3. The van der Waals surface area contributed by atoms with Crippen molar-refractivity contribution >= 4 is 5.96 Å². The molecule has 1 aliphatic heterocycles. The van der Waals surface area contributed by atoms with Crippen molar-refractivity contribution < 1.29 is 0 Å². The Morgan fingerprint density at radius 3 is 2.73 bits per heavy atom. The molecule has 0 radical (unpaired) electrons. The van der Waals surface area contributed by atoms with E-state index < -0.39 is 0 Å². The third-order valence-corrected chi connectivity index (χ3v) is 4.28. The third kappa shape index (κ3) is 5.02. The van der Waals surface area contributed by atoms with Gasteiger partial charge < -0.3 is 15.1 Å². The molecule has 1 N–H and O–H groups in total. The number of hydrogen-bond acceptors (Lipinski definition) is 2. The molecule has 1 heterocycles. The normalized spacial score (nSPS) is 19.4. The van der Waals surface area contributed by atoms with Crippen molar-refractivity contribution in [1.29, 1.82) is 0 Å². The third-order valence-electron chi connectivity index (χ3n) is 4.28. The van der Waals surface area contributed by atoms with Gasteiger partial charge in [-0.15, -0.1) is 0 Å². The number of guanidine groups is 1. The van der Waals surface area contributed by atoms with Crippen LogP contribution in [0.1, 0.15) is 25.8 Å². The molecule has 0 spiro atoms. The summed E-state index contributed by atoms with van der Waals surface area (Å²) in [5.41, 5.74) is 1.31. The summed E-state index contributed by atoms with van der Waals surface area (Å²) in [5.74, 6) is 1.72. The fourth-order valence-corrected chi connectivity index (χ4v) is 2.97. The van der Waals surface area contributed by atoms with Gasteiger partial charge in [-0.05, 0) is 37.9 Å². The average Bonchev–Trinajstić information content (AvgIpc) is 3.00. The van der Waals surface area contributed by atoms with Crippen molar-refractivity contribution in [3.63, 3.8) is 0 Å². The van der Waals surface area contributed by atoms with Gasteiger partial charge in [0.05, 0.1) is 0 Å². The SMILES string of the molecule is CCNC(=NCC1CCN(CC)C1)N(C)Cc1ccccc1. The van der Waals surface area contributed by atoms with Crippen molar-refractivity contribution in [3.8, 4) is 0 Å². The molecule has 0 amide bonds.